The minimum atomic E-state index is -0.676. The zero-order valence-electron chi connectivity index (χ0n) is 22.2. The number of H-pyrrole nitrogens is 1. The molecule has 0 saturated heterocycles. The van der Waals surface area contributed by atoms with Gasteiger partial charge in [0.25, 0.3) is 11.8 Å². The number of nitrogens with one attached hydrogen (secondary N) is 2. The lowest BCUT2D eigenvalue weighted by molar-refractivity contribution is -0.115. The number of aryl methyl sites for hydroxylation is 1. The first kappa shape index (κ1) is 29.6. The van der Waals surface area contributed by atoms with Crippen molar-refractivity contribution in [2.24, 2.45) is 5.18 Å². The number of likely N-dealkylation sites (N-methyl/N-ethyl adjacent to an activating group) is 1. The van der Waals surface area contributed by atoms with Gasteiger partial charge in [-0.1, -0.05) is 13.8 Å². The van der Waals surface area contributed by atoms with Crippen LogP contribution >= 0.6 is 0 Å². The molecule has 2 amide bonds. The maximum absolute atomic E-state index is 13.9. The maximum atomic E-state index is 13.9. The third-order valence-electron chi connectivity index (χ3n) is 6.42. The molecule has 0 bridgehead atoms. The Kier molecular flexibility index (Phi) is 11.3. The molecule has 1 aromatic carbocycles. The molecule has 0 unspecified atom stereocenters. The topological polar surface area (TPSA) is 115 Å². The Morgan fingerprint density at radius 2 is 1.97 bits per heavy atom. The fourth-order valence-corrected chi connectivity index (χ4v) is 4.33. The number of halogens is 1. The first-order valence-corrected chi connectivity index (χ1v) is 12.4. The molecule has 0 fully saturated rings. The van der Waals surface area contributed by atoms with Gasteiger partial charge in [0, 0.05) is 67.0 Å². The van der Waals surface area contributed by atoms with Crippen LogP contribution in [0.5, 0.6) is 0 Å². The standard InChI is InChI=1S/C25H33FN4O2.C2H3NO2/c1-5-29(6-2)12-13-30-11-7-8-22-24(25(30)32)17(3)23(28-22)14-18(16-31)20-15-19(26)9-10-21(20)27-4;1-2(4)3-5/h9-10,14-16,27-28H,5-8,11-13H2,1-4H3;1H3/b18-14+;. The van der Waals surface area contributed by atoms with E-state index in [-0.39, 0.29) is 5.91 Å². The largest absolute Gasteiger partial charge is 0.388 e. The molecule has 1 aliphatic heterocycles. The number of allylic oxidation sites excluding steroid dienone is 1. The SMILES string of the molecule is CC(=O)N=O.CCN(CC)CCN1CCCc2[nH]c(/C=C(\C=O)c3cc(F)ccc3NC)c(C)c2C1=O. The molecule has 37 heavy (non-hydrogen) atoms. The third kappa shape index (κ3) is 7.66. The van der Waals surface area contributed by atoms with Crippen molar-refractivity contribution in [1.82, 2.24) is 14.8 Å². The zero-order chi connectivity index (χ0) is 27.5. The monoisotopic (exact) mass is 513 g/mol. The summed E-state index contributed by atoms with van der Waals surface area (Å²) in [5, 5.41) is 5.00. The van der Waals surface area contributed by atoms with Crippen LogP contribution in [0.15, 0.2) is 23.4 Å². The molecular weight excluding hydrogens is 477 g/mol. The number of nitroso groups, excluding NO2 is 1. The van der Waals surface area contributed by atoms with E-state index in [9.17, 15) is 18.8 Å². The zero-order valence-corrected chi connectivity index (χ0v) is 22.2. The minimum Gasteiger partial charge on any atom is -0.388 e. The predicted molar refractivity (Wildman–Crippen MR) is 144 cm³/mol. The molecule has 0 aliphatic carbocycles. The Hall–Kier alpha value is -3.66. The molecule has 0 atom stereocenters. The van der Waals surface area contributed by atoms with Gasteiger partial charge in [-0.2, -0.15) is 0 Å². The van der Waals surface area contributed by atoms with Crippen molar-refractivity contribution in [1.29, 1.82) is 0 Å². The number of benzene rings is 1. The highest BCUT2D eigenvalue weighted by Gasteiger charge is 2.27. The van der Waals surface area contributed by atoms with E-state index in [0.29, 0.717) is 34.6 Å². The molecule has 3 rings (SSSR count). The van der Waals surface area contributed by atoms with Crippen molar-refractivity contribution >= 4 is 35.4 Å². The number of carbonyl (C=O) groups excluding carboxylic acids is 3. The highest BCUT2D eigenvalue weighted by molar-refractivity contribution is 6.15. The summed E-state index contributed by atoms with van der Waals surface area (Å²) < 4.78 is 13.9. The smallest absolute Gasteiger partial charge is 0.283 e. The molecule has 10 heteroatoms. The van der Waals surface area contributed by atoms with E-state index in [2.05, 4.69) is 29.0 Å². The Morgan fingerprint density at radius 1 is 1.30 bits per heavy atom. The number of anilines is 1. The van der Waals surface area contributed by atoms with Gasteiger partial charge in [0.05, 0.1) is 5.56 Å². The molecule has 2 aromatic rings. The third-order valence-corrected chi connectivity index (χ3v) is 6.42. The van der Waals surface area contributed by atoms with Gasteiger partial charge in [-0.3, -0.25) is 14.4 Å². The second kappa shape index (κ2) is 14.2. The normalized spacial score (nSPS) is 13.4. The van der Waals surface area contributed by atoms with Crippen molar-refractivity contribution in [3.8, 4) is 0 Å². The molecule has 2 N–H and O–H groups in total. The van der Waals surface area contributed by atoms with Gasteiger partial charge in [-0.15, -0.1) is 4.91 Å². The van der Waals surface area contributed by atoms with Crippen molar-refractivity contribution in [2.45, 2.75) is 40.5 Å². The molecule has 1 aliphatic rings. The van der Waals surface area contributed by atoms with Crippen molar-refractivity contribution < 1.29 is 18.8 Å². The van der Waals surface area contributed by atoms with Crippen LogP contribution in [-0.4, -0.2) is 72.7 Å². The summed E-state index contributed by atoms with van der Waals surface area (Å²) in [6.07, 6.45) is 4.09. The summed E-state index contributed by atoms with van der Waals surface area (Å²) in [4.78, 5) is 51.1. The lowest BCUT2D eigenvalue weighted by Gasteiger charge is -2.25. The molecule has 0 radical (unpaired) electrons. The number of hydrogen-bond donors (Lipinski definition) is 2. The molecule has 200 valence electrons. The van der Waals surface area contributed by atoms with Crippen molar-refractivity contribution in [3.05, 3.63) is 57.0 Å². The highest BCUT2D eigenvalue weighted by Crippen LogP contribution is 2.29. The molecular formula is C27H36FN5O4. The van der Waals surface area contributed by atoms with Crippen LogP contribution in [0.4, 0.5) is 10.1 Å². The summed E-state index contributed by atoms with van der Waals surface area (Å²) >= 11 is 0. The highest BCUT2D eigenvalue weighted by atomic mass is 19.1. The molecule has 0 saturated carbocycles. The minimum absolute atomic E-state index is 0.0346. The molecule has 2 heterocycles. The van der Waals surface area contributed by atoms with Gasteiger partial charge in [0.15, 0.2) is 6.29 Å². The Balaban J connectivity index is 0.000000877. The first-order valence-electron chi connectivity index (χ1n) is 12.4. The molecule has 0 spiro atoms. The van der Waals surface area contributed by atoms with Crippen LogP contribution in [0.25, 0.3) is 11.6 Å². The fourth-order valence-electron chi connectivity index (χ4n) is 4.33. The van der Waals surface area contributed by atoms with Gasteiger partial charge >= 0.3 is 0 Å². The van der Waals surface area contributed by atoms with Crippen LogP contribution < -0.4 is 5.32 Å². The first-order chi connectivity index (χ1) is 17.7. The number of carbonyl (C=O) groups is 3. The van der Waals surface area contributed by atoms with E-state index < -0.39 is 11.7 Å². The number of aromatic amines is 1. The van der Waals surface area contributed by atoms with Gasteiger partial charge < -0.3 is 20.1 Å². The van der Waals surface area contributed by atoms with Gasteiger partial charge in [0.1, 0.15) is 5.82 Å². The Morgan fingerprint density at radius 3 is 2.54 bits per heavy atom. The molecule has 9 nitrogen and oxygen atoms in total. The summed E-state index contributed by atoms with van der Waals surface area (Å²) in [5.74, 6) is -1.05. The fraction of sp³-hybridized carbons (Fsp3) is 0.444. The summed E-state index contributed by atoms with van der Waals surface area (Å²) in [7, 11) is 1.73. The summed E-state index contributed by atoms with van der Waals surface area (Å²) in [6, 6.07) is 4.30. The lowest BCUT2D eigenvalue weighted by Crippen LogP contribution is -2.38. The maximum Gasteiger partial charge on any atom is 0.283 e. The van der Waals surface area contributed by atoms with E-state index in [0.717, 1.165) is 63.5 Å². The molecule has 1 aromatic heterocycles. The van der Waals surface area contributed by atoms with E-state index in [1.54, 1.807) is 19.2 Å². The predicted octanol–water partition coefficient (Wildman–Crippen LogP) is 4.27. The van der Waals surface area contributed by atoms with Crippen LogP contribution in [0.3, 0.4) is 0 Å². The van der Waals surface area contributed by atoms with E-state index in [1.807, 2.05) is 17.0 Å². The summed E-state index contributed by atoms with van der Waals surface area (Å²) in [5.41, 5.74) is 4.63. The number of rotatable bonds is 9. The van der Waals surface area contributed by atoms with Crippen molar-refractivity contribution in [2.75, 3.05) is 45.1 Å². The average Bonchev–Trinajstić information content (AvgIpc) is 3.11. The van der Waals surface area contributed by atoms with Gasteiger partial charge in [0.2, 0.25) is 0 Å². The Bertz CT molecular complexity index is 1150. The number of nitrogens with zero attached hydrogens (tertiary/aromatic N) is 3. The Labute approximate surface area is 217 Å². The number of amides is 2. The van der Waals surface area contributed by atoms with E-state index in [1.165, 1.54) is 12.1 Å². The number of fused-ring (bicyclic) bond motifs is 1. The second-order valence-corrected chi connectivity index (χ2v) is 8.71. The van der Waals surface area contributed by atoms with Crippen LogP contribution in [0.1, 0.15) is 60.1 Å². The van der Waals surface area contributed by atoms with E-state index >= 15 is 0 Å². The van der Waals surface area contributed by atoms with Gasteiger partial charge in [-0.05, 0) is 62.7 Å². The van der Waals surface area contributed by atoms with E-state index in [4.69, 9.17) is 4.91 Å². The average molecular weight is 514 g/mol. The number of aromatic nitrogens is 1. The van der Waals surface area contributed by atoms with Gasteiger partial charge in [-0.25, -0.2) is 4.39 Å². The number of aldehydes is 1. The lowest BCUT2D eigenvalue weighted by atomic mass is 10.0. The van der Waals surface area contributed by atoms with Crippen LogP contribution in [-0.2, 0) is 16.0 Å². The number of hydrogen-bond acceptors (Lipinski definition) is 6. The summed E-state index contributed by atoms with van der Waals surface area (Å²) in [6.45, 7) is 11.5. The van der Waals surface area contributed by atoms with Crippen LogP contribution in [0.2, 0.25) is 0 Å². The van der Waals surface area contributed by atoms with Crippen molar-refractivity contribution in [3.63, 3.8) is 0 Å². The van der Waals surface area contributed by atoms with Crippen LogP contribution in [0, 0.1) is 17.6 Å². The quantitative estimate of drug-likeness (QED) is 0.294. The second-order valence-electron chi connectivity index (χ2n) is 8.71.